The lowest BCUT2D eigenvalue weighted by atomic mass is 10.0. The van der Waals surface area contributed by atoms with E-state index in [-0.39, 0.29) is 0 Å². The molecule has 1 aromatic rings. The van der Waals surface area contributed by atoms with E-state index < -0.39 is 12.0 Å². The molecule has 0 saturated carbocycles. The molecule has 0 fully saturated rings. The minimum atomic E-state index is -0.818. The molecule has 1 rings (SSSR count). The number of benzene rings is 1. The Morgan fingerprint density at radius 1 is 1.57 bits per heavy atom. The molecule has 0 bridgehead atoms. The lowest BCUT2D eigenvalue weighted by molar-refractivity contribution is -0.235. The van der Waals surface area contributed by atoms with Crippen LogP contribution in [-0.2, 0) is 16.1 Å². The van der Waals surface area contributed by atoms with Crippen molar-refractivity contribution in [2.45, 2.75) is 19.4 Å². The topological polar surface area (TPSA) is 72.6 Å². The van der Waals surface area contributed by atoms with E-state index in [0.29, 0.717) is 6.42 Å². The van der Waals surface area contributed by atoms with Gasteiger partial charge in [0.15, 0.2) is 0 Å². The van der Waals surface area contributed by atoms with Gasteiger partial charge in [0.2, 0.25) is 0 Å². The predicted molar refractivity (Wildman–Crippen MR) is 51.6 cm³/mol. The summed E-state index contributed by atoms with van der Waals surface area (Å²) in [7, 11) is 0. The average molecular weight is 195 g/mol. The van der Waals surface area contributed by atoms with Gasteiger partial charge in [-0.25, -0.2) is 4.79 Å². The summed E-state index contributed by atoms with van der Waals surface area (Å²) < 4.78 is 0. The van der Waals surface area contributed by atoms with Crippen molar-refractivity contribution >= 4 is 5.97 Å². The third-order valence-corrected chi connectivity index (χ3v) is 2.09. The van der Waals surface area contributed by atoms with Gasteiger partial charge < -0.3 is 5.73 Å². The van der Waals surface area contributed by atoms with E-state index in [2.05, 4.69) is 4.89 Å². The first-order valence-corrected chi connectivity index (χ1v) is 4.30. The zero-order chi connectivity index (χ0) is 10.6. The first-order chi connectivity index (χ1) is 6.65. The summed E-state index contributed by atoms with van der Waals surface area (Å²) in [5.74, 6) is -0.812. The third kappa shape index (κ3) is 2.55. The van der Waals surface area contributed by atoms with E-state index in [1.165, 1.54) is 0 Å². The highest BCUT2D eigenvalue weighted by molar-refractivity contribution is 5.75. The van der Waals surface area contributed by atoms with Crippen molar-refractivity contribution in [2.24, 2.45) is 5.73 Å². The molecule has 0 aliphatic carbocycles. The number of rotatable bonds is 3. The summed E-state index contributed by atoms with van der Waals surface area (Å²) in [4.78, 5) is 14.4. The first kappa shape index (κ1) is 10.7. The van der Waals surface area contributed by atoms with Gasteiger partial charge in [-0.2, -0.15) is 5.26 Å². The van der Waals surface area contributed by atoms with Crippen LogP contribution < -0.4 is 5.73 Å². The Balaban J connectivity index is 2.69. The number of hydrogen-bond donors (Lipinski definition) is 2. The Bertz CT molecular complexity index is 325. The van der Waals surface area contributed by atoms with Crippen molar-refractivity contribution in [2.75, 3.05) is 0 Å². The van der Waals surface area contributed by atoms with Gasteiger partial charge in [0.05, 0.1) is 0 Å². The largest absolute Gasteiger partial charge is 0.358 e. The molecule has 0 aliphatic rings. The highest BCUT2D eigenvalue weighted by Crippen LogP contribution is 2.09. The maximum Gasteiger partial charge on any atom is 0.358 e. The minimum absolute atomic E-state index is 0.367. The van der Waals surface area contributed by atoms with Gasteiger partial charge in [-0.3, -0.25) is 4.89 Å². The highest BCUT2D eigenvalue weighted by Gasteiger charge is 2.16. The Labute approximate surface area is 82.2 Å². The molecule has 0 heterocycles. The number of carbonyl (C=O) groups excluding carboxylic acids is 1. The van der Waals surface area contributed by atoms with Crippen LogP contribution in [0.2, 0.25) is 0 Å². The van der Waals surface area contributed by atoms with E-state index in [4.69, 9.17) is 11.0 Å². The lowest BCUT2D eigenvalue weighted by Crippen LogP contribution is -2.33. The molecule has 14 heavy (non-hydrogen) atoms. The number of hydrogen-bond acceptors (Lipinski definition) is 4. The van der Waals surface area contributed by atoms with E-state index in [1.54, 1.807) is 0 Å². The van der Waals surface area contributed by atoms with Gasteiger partial charge in [-0.1, -0.05) is 24.3 Å². The zero-order valence-electron chi connectivity index (χ0n) is 7.93. The van der Waals surface area contributed by atoms with Crippen LogP contribution in [-0.4, -0.2) is 17.3 Å². The smallest absolute Gasteiger partial charge is 0.318 e. The number of nitrogens with two attached hydrogens (primary N) is 1. The predicted octanol–water partition coefficient (Wildman–Crippen LogP) is 0.881. The maximum absolute atomic E-state index is 10.8. The Morgan fingerprint density at radius 3 is 2.79 bits per heavy atom. The van der Waals surface area contributed by atoms with Crippen LogP contribution in [0, 0.1) is 6.92 Å². The molecule has 76 valence electrons. The third-order valence-electron chi connectivity index (χ3n) is 2.09. The molecule has 0 saturated heterocycles. The molecule has 4 heteroatoms. The first-order valence-electron chi connectivity index (χ1n) is 4.30. The van der Waals surface area contributed by atoms with E-state index in [0.717, 1.165) is 11.1 Å². The molecule has 4 nitrogen and oxygen atoms in total. The number of aryl methyl sites for hydroxylation is 1. The lowest BCUT2D eigenvalue weighted by Gasteiger charge is -2.09. The summed E-state index contributed by atoms with van der Waals surface area (Å²) in [5.41, 5.74) is 7.53. The van der Waals surface area contributed by atoms with Crippen LogP contribution >= 0.6 is 0 Å². The second-order valence-electron chi connectivity index (χ2n) is 3.15. The molecule has 0 spiro atoms. The van der Waals surface area contributed by atoms with Crippen LogP contribution in [0.15, 0.2) is 24.3 Å². The molecule has 0 radical (unpaired) electrons. The molecule has 3 N–H and O–H groups in total. The fourth-order valence-electron chi connectivity index (χ4n) is 1.23. The molecule has 0 unspecified atom stereocenters. The van der Waals surface area contributed by atoms with Crippen LogP contribution in [0.4, 0.5) is 0 Å². The van der Waals surface area contributed by atoms with E-state index in [1.807, 2.05) is 31.2 Å². The number of carbonyl (C=O) groups is 1. The summed E-state index contributed by atoms with van der Waals surface area (Å²) in [6.07, 6.45) is 0.367. The SMILES string of the molecule is Cc1ccccc1C[C@H](N)C(=O)OO. The molecule has 0 aromatic heterocycles. The Morgan fingerprint density at radius 2 is 2.21 bits per heavy atom. The minimum Gasteiger partial charge on any atom is -0.318 e. The Kier molecular flexibility index (Phi) is 3.62. The van der Waals surface area contributed by atoms with Crippen LogP contribution in [0.1, 0.15) is 11.1 Å². The van der Waals surface area contributed by atoms with Crippen molar-refractivity contribution in [1.82, 2.24) is 0 Å². The van der Waals surface area contributed by atoms with Crippen molar-refractivity contribution in [1.29, 1.82) is 0 Å². The molecule has 1 aromatic carbocycles. The highest BCUT2D eigenvalue weighted by atomic mass is 17.1. The van der Waals surface area contributed by atoms with Crippen molar-refractivity contribution < 1.29 is 14.9 Å². The fourth-order valence-corrected chi connectivity index (χ4v) is 1.23. The standard InChI is InChI=1S/C10H13NO3/c1-7-4-2-3-5-8(7)6-9(11)10(12)14-13/h2-5,9,13H,6,11H2,1H3/t9-/m0/s1. The van der Waals surface area contributed by atoms with Crippen molar-refractivity contribution in [3.63, 3.8) is 0 Å². The summed E-state index contributed by atoms with van der Waals surface area (Å²) in [6.45, 7) is 1.94. The maximum atomic E-state index is 10.8. The summed E-state index contributed by atoms with van der Waals surface area (Å²) >= 11 is 0. The van der Waals surface area contributed by atoms with Crippen LogP contribution in [0.3, 0.4) is 0 Å². The van der Waals surface area contributed by atoms with Crippen molar-refractivity contribution in [3.05, 3.63) is 35.4 Å². The van der Waals surface area contributed by atoms with E-state index >= 15 is 0 Å². The molecule has 1 atom stereocenters. The monoisotopic (exact) mass is 195 g/mol. The second-order valence-corrected chi connectivity index (χ2v) is 3.15. The molecule has 0 amide bonds. The van der Waals surface area contributed by atoms with Gasteiger partial charge >= 0.3 is 5.97 Å². The quantitative estimate of drug-likeness (QED) is 0.554. The average Bonchev–Trinajstić information content (AvgIpc) is 2.20. The Hall–Kier alpha value is -1.39. The zero-order valence-corrected chi connectivity index (χ0v) is 7.93. The van der Waals surface area contributed by atoms with E-state index in [9.17, 15) is 4.79 Å². The van der Waals surface area contributed by atoms with Gasteiger partial charge in [0, 0.05) is 0 Å². The van der Waals surface area contributed by atoms with Gasteiger partial charge in [0.1, 0.15) is 6.04 Å². The van der Waals surface area contributed by atoms with Crippen LogP contribution in [0.25, 0.3) is 0 Å². The molecular weight excluding hydrogens is 182 g/mol. The van der Waals surface area contributed by atoms with Gasteiger partial charge in [0.25, 0.3) is 0 Å². The fraction of sp³-hybridized carbons (Fsp3) is 0.300. The summed E-state index contributed by atoms with van der Waals surface area (Å²) in [6, 6.07) is 6.79. The normalized spacial score (nSPS) is 12.2. The van der Waals surface area contributed by atoms with Gasteiger partial charge in [-0.05, 0) is 24.5 Å². The van der Waals surface area contributed by atoms with Crippen molar-refractivity contribution in [3.8, 4) is 0 Å². The summed E-state index contributed by atoms with van der Waals surface area (Å²) in [5, 5.41) is 8.12. The second kappa shape index (κ2) is 4.74. The van der Waals surface area contributed by atoms with Crippen LogP contribution in [0.5, 0.6) is 0 Å². The van der Waals surface area contributed by atoms with Gasteiger partial charge in [-0.15, -0.1) is 0 Å². The molecular formula is C10H13NO3. The molecule has 0 aliphatic heterocycles.